The second-order valence-electron chi connectivity index (χ2n) is 4.38. The van der Waals surface area contributed by atoms with Crippen molar-refractivity contribution in [2.24, 2.45) is 4.99 Å². The molecule has 0 aromatic carbocycles. The monoisotopic (exact) mass is 269 g/mol. The van der Waals surface area contributed by atoms with Gasteiger partial charge < -0.3 is 5.32 Å². The quantitative estimate of drug-likeness (QED) is 0.912. The third-order valence-corrected chi connectivity index (χ3v) is 5.54. The molecule has 2 heterocycles. The maximum absolute atomic E-state index is 4.66. The highest BCUT2D eigenvalue weighted by atomic mass is 32.2. The lowest BCUT2D eigenvalue weighted by molar-refractivity contribution is 0.407. The van der Waals surface area contributed by atoms with E-state index in [1.165, 1.54) is 4.88 Å². The first-order chi connectivity index (χ1) is 8.19. The molecular formula is C12H19N3S2. The van der Waals surface area contributed by atoms with Crippen LogP contribution in [0.25, 0.3) is 0 Å². The summed E-state index contributed by atoms with van der Waals surface area (Å²) in [5.41, 5.74) is 3.27. The number of aryl methyl sites for hydroxylation is 1. The van der Waals surface area contributed by atoms with Crippen LogP contribution in [0.1, 0.15) is 37.3 Å². The van der Waals surface area contributed by atoms with Crippen LogP contribution in [0.15, 0.2) is 10.5 Å². The van der Waals surface area contributed by atoms with Crippen molar-refractivity contribution in [3.8, 4) is 0 Å². The number of hydrogen-bond donors (Lipinski definition) is 1. The Morgan fingerprint density at radius 1 is 1.47 bits per heavy atom. The average Bonchev–Trinajstić information content (AvgIpc) is 2.94. The summed E-state index contributed by atoms with van der Waals surface area (Å²) < 4.78 is 0. The van der Waals surface area contributed by atoms with Gasteiger partial charge in [-0.15, -0.1) is 11.3 Å². The fraction of sp³-hybridized carbons (Fsp3) is 0.667. The lowest BCUT2D eigenvalue weighted by Crippen LogP contribution is -2.42. The lowest BCUT2D eigenvalue weighted by Gasteiger charge is -2.25. The predicted octanol–water partition coefficient (Wildman–Crippen LogP) is 3.20. The largest absolute Gasteiger partial charge is 0.359 e. The van der Waals surface area contributed by atoms with Crippen molar-refractivity contribution < 1.29 is 0 Å². The zero-order chi connectivity index (χ0) is 12.3. The molecule has 5 heteroatoms. The molecule has 0 bridgehead atoms. The number of rotatable bonds is 4. The third kappa shape index (κ3) is 2.83. The Morgan fingerprint density at radius 3 is 2.76 bits per heavy atom. The molecule has 3 nitrogen and oxygen atoms in total. The van der Waals surface area contributed by atoms with Crippen molar-refractivity contribution >= 4 is 28.3 Å². The summed E-state index contributed by atoms with van der Waals surface area (Å²) in [6.07, 6.45) is 2.32. The average molecular weight is 269 g/mol. The molecule has 0 atom stereocenters. The molecule has 1 saturated heterocycles. The number of aromatic nitrogens is 1. The molecule has 0 unspecified atom stereocenters. The Balaban J connectivity index is 1.99. The highest BCUT2D eigenvalue weighted by molar-refractivity contribution is 8.14. The highest BCUT2D eigenvalue weighted by Crippen LogP contribution is 2.29. The Bertz CT molecular complexity index is 408. The molecule has 17 heavy (non-hydrogen) atoms. The molecule has 1 N–H and O–H groups in total. The van der Waals surface area contributed by atoms with Crippen LogP contribution in [0.4, 0.5) is 0 Å². The maximum Gasteiger partial charge on any atom is 0.157 e. The SMILES string of the molecule is CCC1(CC)CSC(=NCc2scnc2C)N1. The van der Waals surface area contributed by atoms with Gasteiger partial charge in [-0.3, -0.25) is 4.99 Å². The van der Waals surface area contributed by atoms with Gasteiger partial charge in [0.2, 0.25) is 0 Å². The first-order valence-electron chi connectivity index (χ1n) is 6.03. The van der Waals surface area contributed by atoms with Gasteiger partial charge in [-0.25, -0.2) is 4.98 Å². The molecule has 0 saturated carbocycles. The number of aliphatic imine (C=N–C) groups is 1. The zero-order valence-corrected chi connectivity index (χ0v) is 12.2. The summed E-state index contributed by atoms with van der Waals surface area (Å²) in [5.74, 6) is 1.14. The molecule has 0 radical (unpaired) electrons. The van der Waals surface area contributed by atoms with Crippen LogP contribution in [0.3, 0.4) is 0 Å². The fourth-order valence-corrected chi connectivity index (χ4v) is 3.88. The first kappa shape index (κ1) is 12.9. The molecule has 0 spiro atoms. The van der Waals surface area contributed by atoms with Crippen molar-refractivity contribution in [2.45, 2.75) is 45.7 Å². The van der Waals surface area contributed by atoms with Gasteiger partial charge in [-0.05, 0) is 19.8 Å². The van der Waals surface area contributed by atoms with Crippen LogP contribution in [0.2, 0.25) is 0 Å². The molecule has 0 amide bonds. The van der Waals surface area contributed by atoms with E-state index in [1.807, 2.05) is 24.2 Å². The maximum atomic E-state index is 4.66. The second-order valence-corrected chi connectivity index (χ2v) is 6.29. The van der Waals surface area contributed by atoms with Gasteiger partial charge >= 0.3 is 0 Å². The standard InChI is InChI=1S/C12H19N3S2/c1-4-12(5-2)7-16-11(15-12)13-6-10-9(3)14-8-17-10/h8H,4-7H2,1-3H3,(H,13,15). The molecule has 2 rings (SSSR count). The van der Waals surface area contributed by atoms with E-state index < -0.39 is 0 Å². The molecule has 1 aliphatic rings. The van der Waals surface area contributed by atoms with Crippen LogP contribution in [0.5, 0.6) is 0 Å². The van der Waals surface area contributed by atoms with Crippen LogP contribution < -0.4 is 5.32 Å². The second kappa shape index (κ2) is 5.40. The van der Waals surface area contributed by atoms with Crippen LogP contribution in [0, 0.1) is 6.92 Å². The van der Waals surface area contributed by atoms with Crippen molar-refractivity contribution in [1.29, 1.82) is 0 Å². The topological polar surface area (TPSA) is 37.3 Å². The number of nitrogens with zero attached hydrogens (tertiary/aromatic N) is 2. The minimum Gasteiger partial charge on any atom is -0.359 e. The number of thiazole rings is 1. The van der Waals surface area contributed by atoms with E-state index in [-0.39, 0.29) is 5.54 Å². The number of thioether (sulfide) groups is 1. The van der Waals surface area contributed by atoms with Gasteiger partial charge in [0.1, 0.15) is 0 Å². The van der Waals surface area contributed by atoms with E-state index in [0.29, 0.717) is 0 Å². The van der Waals surface area contributed by atoms with Gasteiger partial charge in [0.25, 0.3) is 0 Å². The van der Waals surface area contributed by atoms with E-state index in [9.17, 15) is 0 Å². The van der Waals surface area contributed by atoms with E-state index >= 15 is 0 Å². The Labute approximate surface area is 111 Å². The van der Waals surface area contributed by atoms with Crippen molar-refractivity contribution in [1.82, 2.24) is 10.3 Å². The van der Waals surface area contributed by atoms with Crippen molar-refractivity contribution in [2.75, 3.05) is 5.75 Å². The summed E-state index contributed by atoms with van der Waals surface area (Å²) in [7, 11) is 0. The van der Waals surface area contributed by atoms with Crippen molar-refractivity contribution in [3.05, 3.63) is 16.1 Å². The normalized spacial score (nSPS) is 20.8. The molecule has 0 aliphatic carbocycles. The first-order valence-corrected chi connectivity index (χ1v) is 7.90. The lowest BCUT2D eigenvalue weighted by atomic mass is 9.96. The summed E-state index contributed by atoms with van der Waals surface area (Å²) in [4.78, 5) is 10.2. The number of nitrogens with one attached hydrogen (secondary N) is 1. The van der Waals surface area contributed by atoms with Crippen LogP contribution >= 0.6 is 23.1 Å². The van der Waals surface area contributed by atoms with Gasteiger partial charge in [-0.2, -0.15) is 0 Å². The van der Waals surface area contributed by atoms with Gasteiger partial charge in [0.05, 0.1) is 17.7 Å². The summed E-state index contributed by atoms with van der Waals surface area (Å²) >= 11 is 3.54. The van der Waals surface area contributed by atoms with Gasteiger partial charge in [-0.1, -0.05) is 25.6 Å². The number of hydrogen-bond acceptors (Lipinski definition) is 4. The molecule has 1 aliphatic heterocycles. The summed E-state index contributed by atoms with van der Waals surface area (Å²) in [5, 5.41) is 4.68. The number of amidine groups is 1. The minimum absolute atomic E-state index is 0.270. The summed E-state index contributed by atoms with van der Waals surface area (Å²) in [6.45, 7) is 7.29. The molecule has 1 aromatic heterocycles. The Kier molecular flexibility index (Phi) is 4.09. The van der Waals surface area contributed by atoms with Gasteiger partial charge in [0, 0.05) is 16.2 Å². The fourth-order valence-electron chi connectivity index (χ4n) is 1.84. The van der Waals surface area contributed by atoms with E-state index in [2.05, 4.69) is 29.1 Å². The van der Waals surface area contributed by atoms with E-state index in [0.717, 1.165) is 36.0 Å². The summed E-state index contributed by atoms with van der Waals surface area (Å²) in [6, 6.07) is 0. The van der Waals surface area contributed by atoms with E-state index in [1.54, 1.807) is 11.3 Å². The van der Waals surface area contributed by atoms with Crippen LogP contribution in [-0.2, 0) is 6.54 Å². The van der Waals surface area contributed by atoms with Crippen molar-refractivity contribution in [3.63, 3.8) is 0 Å². The Hall–Kier alpha value is -0.550. The molecule has 1 aromatic rings. The van der Waals surface area contributed by atoms with E-state index in [4.69, 9.17) is 0 Å². The molecule has 94 valence electrons. The van der Waals surface area contributed by atoms with Crippen LogP contribution in [-0.4, -0.2) is 21.4 Å². The predicted molar refractivity (Wildman–Crippen MR) is 76.9 cm³/mol. The zero-order valence-electron chi connectivity index (χ0n) is 10.6. The molecule has 1 fully saturated rings. The Morgan fingerprint density at radius 2 is 2.24 bits per heavy atom. The van der Waals surface area contributed by atoms with Gasteiger partial charge in [0.15, 0.2) is 5.17 Å². The molecular weight excluding hydrogens is 250 g/mol. The highest BCUT2D eigenvalue weighted by Gasteiger charge is 2.33. The third-order valence-electron chi connectivity index (χ3n) is 3.42. The minimum atomic E-state index is 0.270. The smallest absolute Gasteiger partial charge is 0.157 e.